The SMILES string of the molecule is Cc1cccc(C(=O)NC(=S)Nc2ccc(S(=O)(=O)NC(C)(C)C)cc2)c1. The van der Waals surface area contributed by atoms with Gasteiger partial charge in [-0.15, -0.1) is 0 Å². The van der Waals surface area contributed by atoms with Gasteiger partial charge in [-0.05, 0) is 76.3 Å². The van der Waals surface area contributed by atoms with Crippen LogP contribution in [0.3, 0.4) is 0 Å². The summed E-state index contributed by atoms with van der Waals surface area (Å²) in [6.07, 6.45) is 0. The lowest BCUT2D eigenvalue weighted by atomic mass is 10.1. The Morgan fingerprint density at radius 1 is 1.04 bits per heavy atom. The van der Waals surface area contributed by atoms with Crippen molar-refractivity contribution >= 4 is 38.9 Å². The largest absolute Gasteiger partial charge is 0.332 e. The molecule has 2 aromatic rings. The highest BCUT2D eigenvalue weighted by Crippen LogP contribution is 2.16. The first-order chi connectivity index (χ1) is 12.5. The molecule has 0 bridgehead atoms. The Hall–Kier alpha value is -2.29. The molecule has 0 aromatic heterocycles. The summed E-state index contributed by atoms with van der Waals surface area (Å²) in [5.74, 6) is -0.315. The van der Waals surface area contributed by atoms with Crippen LogP contribution < -0.4 is 15.4 Å². The first-order valence-electron chi connectivity index (χ1n) is 8.29. The van der Waals surface area contributed by atoms with E-state index in [1.54, 1.807) is 51.1 Å². The van der Waals surface area contributed by atoms with Gasteiger partial charge in [0.15, 0.2) is 5.11 Å². The number of nitrogens with one attached hydrogen (secondary N) is 3. The van der Waals surface area contributed by atoms with Gasteiger partial charge in [0.1, 0.15) is 0 Å². The number of thiocarbonyl (C=S) groups is 1. The first kappa shape index (κ1) is 21.0. The molecule has 1 amide bonds. The Morgan fingerprint density at radius 3 is 2.22 bits per heavy atom. The second-order valence-corrected chi connectivity index (χ2v) is 9.25. The lowest BCUT2D eigenvalue weighted by Gasteiger charge is -2.20. The Labute approximate surface area is 165 Å². The van der Waals surface area contributed by atoms with Crippen LogP contribution in [0.1, 0.15) is 36.7 Å². The molecule has 144 valence electrons. The fourth-order valence-electron chi connectivity index (χ4n) is 2.30. The van der Waals surface area contributed by atoms with Crippen LogP contribution in [-0.2, 0) is 10.0 Å². The van der Waals surface area contributed by atoms with Crippen LogP contribution >= 0.6 is 12.2 Å². The van der Waals surface area contributed by atoms with Gasteiger partial charge in [-0.1, -0.05) is 17.7 Å². The highest BCUT2D eigenvalue weighted by Gasteiger charge is 2.21. The number of carbonyl (C=O) groups excluding carboxylic acids is 1. The zero-order chi connectivity index (χ0) is 20.2. The molecule has 6 nitrogen and oxygen atoms in total. The normalized spacial score (nSPS) is 11.7. The maximum Gasteiger partial charge on any atom is 0.257 e. The Kier molecular flexibility index (Phi) is 6.35. The van der Waals surface area contributed by atoms with Crippen LogP contribution in [-0.4, -0.2) is 25.0 Å². The van der Waals surface area contributed by atoms with Crippen LogP contribution in [0, 0.1) is 6.92 Å². The van der Waals surface area contributed by atoms with Crippen molar-refractivity contribution in [3.8, 4) is 0 Å². The van der Waals surface area contributed by atoms with E-state index in [1.165, 1.54) is 12.1 Å². The van der Waals surface area contributed by atoms with Crippen molar-refractivity contribution in [1.29, 1.82) is 0 Å². The van der Waals surface area contributed by atoms with E-state index in [9.17, 15) is 13.2 Å². The predicted molar refractivity (Wildman–Crippen MR) is 111 cm³/mol. The van der Waals surface area contributed by atoms with E-state index in [4.69, 9.17) is 12.2 Å². The minimum absolute atomic E-state index is 0.130. The molecule has 0 spiro atoms. The summed E-state index contributed by atoms with van der Waals surface area (Å²) in [5, 5.41) is 5.60. The Bertz CT molecular complexity index is 947. The number of amides is 1. The zero-order valence-corrected chi connectivity index (χ0v) is 17.3. The number of sulfonamides is 1. The molecule has 2 aromatic carbocycles. The number of hydrogen-bond donors (Lipinski definition) is 3. The van der Waals surface area contributed by atoms with Gasteiger partial charge in [0.05, 0.1) is 4.90 Å². The highest BCUT2D eigenvalue weighted by molar-refractivity contribution is 7.89. The second-order valence-electron chi connectivity index (χ2n) is 7.16. The van der Waals surface area contributed by atoms with Crippen molar-refractivity contribution in [2.75, 3.05) is 5.32 Å². The van der Waals surface area contributed by atoms with E-state index < -0.39 is 15.6 Å². The fraction of sp³-hybridized carbons (Fsp3) is 0.263. The van der Waals surface area contributed by atoms with Gasteiger partial charge >= 0.3 is 0 Å². The van der Waals surface area contributed by atoms with Crippen LogP contribution in [0.2, 0.25) is 0 Å². The topological polar surface area (TPSA) is 87.3 Å². The van der Waals surface area contributed by atoms with E-state index in [0.717, 1.165) is 5.56 Å². The lowest BCUT2D eigenvalue weighted by Crippen LogP contribution is -2.40. The van der Waals surface area contributed by atoms with Crippen molar-refractivity contribution in [2.24, 2.45) is 0 Å². The van der Waals surface area contributed by atoms with Crippen molar-refractivity contribution in [3.63, 3.8) is 0 Å². The molecule has 3 N–H and O–H groups in total. The van der Waals surface area contributed by atoms with Gasteiger partial charge in [-0.3, -0.25) is 10.1 Å². The van der Waals surface area contributed by atoms with E-state index in [1.807, 2.05) is 13.0 Å². The average Bonchev–Trinajstić information content (AvgIpc) is 2.53. The minimum atomic E-state index is -3.60. The molecular weight excluding hydrogens is 382 g/mol. The number of hydrogen-bond acceptors (Lipinski definition) is 4. The number of carbonyl (C=O) groups is 1. The van der Waals surface area contributed by atoms with Crippen molar-refractivity contribution in [2.45, 2.75) is 38.1 Å². The molecule has 0 saturated carbocycles. The molecule has 27 heavy (non-hydrogen) atoms. The van der Waals surface area contributed by atoms with Crippen LogP contribution in [0.25, 0.3) is 0 Å². The summed E-state index contributed by atoms with van der Waals surface area (Å²) in [6.45, 7) is 7.22. The summed E-state index contributed by atoms with van der Waals surface area (Å²) in [4.78, 5) is 12.3. The average molecular weight is 406 g/mol. The quantitative estimate of drug-likeness (QED) is 0.680. The van der Waals surface area contributed by atoms with Crippen LogP contribution in [0.15, 0.2) is 53.4 Å². The minimum Gasteiger partial charge on any atom is -0.332 e. The van der Waals surface area contributed by atoms with E-state index >= 15 is 0 Å². The number of rotatable bonds is 4. The number of aryl methyl sites for hydroxylation is 1. The Balaban J connectivity index is 2.02. The highest BCUT2D eigenvalue weighted by atomic mass is 32.2. The fourth-order valence-corrected chi connectivity index (χ4v) is 3.93. The molecule has 0 saturated heterocycles. The van der Waals surface area contributed by atoms with Gasteiger partial charge in [-0.2, -0.15) is 0 Å². The summed E-state index contributed by atoms with van der Waals surface area (Å²) < 4.78 is 27.2. The number of benzene rings is 2. The molecule has 0 fully saturated rings. The van der Waals surface area contributed by atoms with E-state index in [-0.39, 0.29) is 15.9 Å². The first-order valence-corrected chi connectivity index (χ1v) is 10.2. The molecule has 0 aliphatic carbocycles. The molecule has 0 unspecified atom stereocenters. The predicted octanol–water partition coefficient (Wildman–Crippen LogP) is 3.20. The third-order valence-electron chi connectivity index (χ3n) is 3.37. The van der Waals surface area contributed by atoms with Crippen molar-refractivity contribution < 1.29 is 13.2 Å². The third-order valence-corrected chi connectivity index (χ3v) is 5.35. The monoisotopic (exact) mass is 405 g/mol. The Morgan fingerprint density at radius 2 is 1.67 bits per heavy atom. The van der Waals surface area contributed by atoms with E-state index in [0.29, 0.717) is 11.3 Å². The summed E-state index contributed by atoms with van der Waals surface area (Å²) in [5.41, 5.74) is 1.48. The van der Waals surface area contributed by atoms with Gasteiger partial charge < -0.3 is 5.32 Å². The summed E-state index contributed by atoms with van der Waals surface area (Å²) >= 11 is 5.15. The molecule has 0 radical (unpaired) electrons. The van der Waals surface area contributed by atoms with Crippen molar-refractivity contribution in [1.82, 2.24) is 10.0 Å². The molecule has 2 rings (SSSR count). The molecule has 0 aliphatic heterocycles. The number of anilines is 1. The molecule has 0 atom stereocenters. The lowest BCUT2D eigenvalue weighted by molar-refractivity contribution is 0.0977. The zero-order valence-electron chi connectivity index (χ0n) is 15.7. The standard InChI is InChI=1S/C19H23N3O3S2/c1-13-6-5-7-14(12-13)17(23)21-18(26)20-15-8-10-16(11-9-15)27(24,25)22-19(2,3)4/h5-12,22H,1-4H3,(H2,20,21,23,26). The van der Waals surface area contributed by atoms with Gasteiger partial charge in [0, 0.05) is 16.8 Å². The van der Waals surface area contributed by atoms with Crippen molar-refractivity contribution in [3.05, 3.63) is 59.7 Å². The molecule has 8 heteroatoms. The van der Waals surface area contributed by atoms with Crippen LogP contribution in [0.5, 0.6) is 0 Å². The maximum absolute atomic E-state index is 12.3. The third kappa shape index (κ3) is 6.42. The van der Waals surface area contributed by atoms with E-state index in [2.05, 4.69) is 15.4 Å². The molecule has 0 heterocycles. The van der Waals surface area contributed by atoms with Gasteiger partial charge in [0.2, 0.25) is 10.0 Å². The smallest absolute Gasteiger partial charge is 0.257 e. The molecule has 0 aliphatic rings. The van der Waals surface area contributed by atoms with Gasteiger partial charge in [0.25, 0.3) is 5.91 Å². The second kappa shape index (κ2) is 8.16. The van der Waals surface area contributed by atoms with Gasteiger partial charge in [-0.25, -0.2) is 13.1 Å². The summed E-state index contributed by atoms with van der Waals surface area (Å²) in [7, 11) is -3.60. The maximum atomic E-state index is 12.3. The molecular formula is C19H23N3O3S2. The summed E-state index contributed by atoms with van der Waals surface area (Å²) in [6, 6.07) is 13.3. The van der Waals surface area contributed by atoms with Crippen LogP contribution in [0.4, 0.5) is 5.69 Å².